The number of nitrogens with zero attached hydrogens (tertiary/aromatic N) is 3. The highest BCUT2D eigenvalue weighted by molar-refractivity contribution is 5.94. The zero-order chi connectivity index (χ0) is 16.6. The van der Waals surface area contributed by atoms with Gasteiger partial charge in [0.05, 0.1) is 5.69 Å². The number of halogens is 2. The molecule has 1 unspecified atom stereocenters. The van der Waals surface area contributed by atoms with Gasteiger partial charge in [-0.15, -0.1) is 12.4 Å². The van der Waals surface area contributed by atoms with Crippen LogP contribution in [-0.2, 0) is 0 Å². The summed E-state index contributed by atoms with van der Waals surface area (Å²) in [6.07, 6.45) is 0. The Kier molecular flexibility index (Phi) is 5.62. The van der Waals surface area contributed by atoms with E-state index in [2.05, 4.69) is 10.4 Å². The van der Waals surface area contributed by atoms with Gasteiger partial charge in [0.15, 0.2) is 0 Å². The van der Waals surface area contributed by atoms with Gasteiger partial charge in [-0.1, -0.05) is 0 Å². The summed E-state index contributed by atoms with van der Waals surface area (Å²) in [5.41, 5.74) is 2.43. The van der Waals surface area contributed by atoms with E-state index in [-0.39, 0.29) is 24.4 Å². The number of piperazine rings is 1. The molecule has 2 aromatic rings. The molecule has 0 radical (unpaired) electrons. The normalized spacial score (nSPS) is 17.5. The third-order valence-electron chi connectivity index (χ3n) is 4.19. The van der Waals surface area contributed by atoms with Crippen molar-refractivity contribution in [3.05, 3.63) is 47.0 Å². The maximum atomic E-state index is 14.5. The summed E-state index contributed by atoms with van der Waals surface area (Å²) in [6.45, 7) is 7.90. The molecular weight excluding hydrogens is 331 g/mol. The van der Waals surface area contributed by atoms with Gasteiger partial charge >= 0.3 is 0 Å². The van der Waals surface area contributed by atoms with Crippen molar-refractivity contribution in [3.8, 4) is 5.69 Å². The fraction of sp³-hybridized carbons (Fsp3) is 0.412. The van der Waals surface area contributed by atoms with Crippen LogP contribution < -0.4 is 5.32 Å². The van der Waals surface area contributed by atoms with Gasteiger partial charge in [0.2, 0.25) is 0 Å². The van der Waals surface area contributed by atoms with Crippen LogP contribution in [0.2, 0.25) is 0 Å². The predicted molar refractivity (Wildman–Crippen MR) is 93.6 cm³/mol. The van der Waals surface area contributed by atoms with Crippen LogP contribution in [0, 0.1) is 19.7 Å². The summed E-state index contributed by atoms with van der Waals surface area (Å²) >= 11 is 0. The van der Waals surface area contributed by atoms with Gasteiger partial charge in [0.25, 0.3) is 5.91 Å². The molecule has 1 fully saturated rings. The SMILES string of the molecule is Cc1cc(C)n(-c2ccc(C(=O)N3CCNCC3C)cc2F)n1.Cl. The molecule has 1 N–H and O–H groups in total. The highest BCUT2D eigenvalue weighted by Crippen LogP contribution is 2.19. The first kappa shape index (κ1) is 18.4. The maximum Gasteiger partial charge on any atom is 0.254 e. The lowest BCUT2D eigenvalue weighted by atomic mass is 10.1. The van der Waals surface area contributed by atoms with E-state index >= 15 is 0 Å². The average molecular weight is 353 g/mol. The number of aromatic nitrogens is 2. The molecule has 1 aromatic carbocycles. The summed E-state index contributed by atoms with van der Waals surface area (Å²) < 4.78 is 16.1. The molecule has 1 aliphatic heterocycles. The second-order valence-corrected chi connectivity index (χ2v) is 6.06. The van der Waals surface area contributed by atoms with E-state index in [9.17, 15) is 9.18 Å². The molecule has 0 spiro atoms. The lowest BCUT2D eigenvalue weighted by Crippen LogP contribution is -2.52. The summed E-state index contributed by atoms with van der Waals surface area (Å²) in [6, 6.07) is 6.60. The number of benzene rings is 1. The first-order chi connectivity index (χ1) is 11.0. The summed E-state index contributed by atoms with van der Waals surface area (Å²) in [5.74, 6) is -0.567. The smallest absolute Gasteiger partial charge is 0.254 e. The second-order valence-electron chi connectivity index (χ2n) is 6.06. The van der Waals surface area contributed by atoms with Crippen molar-refractivity contribution in [2.45, 2.75) is 26.8 Å². The molecule has 0 aliphatic carbocycles. The molecule has 1 atom stereocenters. The Morgan fingerprint density at radius 2 is 2.08 bits per heavy atom. The van der Waals surface area contributed by atoms with Crippen LogP contribution in [0.4, 0.5) is 4.39 Å². The van der Waals surface area contributed by atoms with Gasteiger partial charge in [0, 0.05) is 36.9 Å². The molecule has 1 aliphatic rings. The maximum absolute atomic E-state index is 14.5. The zero-order valence-corrected chi connectivity index (χ0v) is 14.9. The molecular formula is C17H22ClFN4O. The van der Waals surface area contributed by atoms with Gasteiger partial charge in [-0.3, -0.25) is 4.79 Å². The molecule has 0 saturated carbocycles. The number of carbonyl (C=O) groups is 1. The van der Waals surface area contributed by atoms with Crippen LogP contribution in [0.15, 0.2) is 24.3 Å². The number of aryl methyl sites for hydroxylation is 2. The van der Waals surface area contributed by atoms with E-state index in [1.165, 1.54) is 6.07 Å². The van der Waals surface area contributed by atoms with Crippen molar-refractivity contribution in [2.75, 3.05) is 19.6 Å². The number of hydrogen-bond donors (Lipinski definition) is 1. The van der Waals surface area contributed by atoms with Crippen LogP contribution in [-0.4, -0.2) is 46.3 Å². The Balaban J connectivity index is 0.00000208. The fourth-order valence-electron chi connectivity index (χ4n) is 2.99. The number of rotatable bonds is 2. The van der Waals surface area contributed by atoms with Crippen LogP contribution in [0.3, 0.4) is 0 Å². The number of amides is 1. The van der Waals surface area contributed by atoms with Gasteiger partial charge in [-0.25, -0.2) is 9.07 Å². The molecule has 2 heterocycles. The van der Waals surface area contributed by atoms with Crippen molar-refractivity contribution in [3.63, 3.8) is 0 Å². The molecule has 5 nitrogen and oxygen atoms in total. The summed E-state index contributed by atoms with van der Waals surface area (Å²) in [5, 5.41) is 7.53. The van der Waals surface area contributed by atoms with Crippen molar-refractivity contribution in [2.24, 2.45) is 0 Å². The number of hydrogen-bond acceptors (Lipinski definition) is 3. The largest absolute Gasteiger partial charge is 0.333 e. The van der Waals surface area contributed by atoms with Crippen molar-refractivity contribution >= 4 is 18.3 Å². The van der Waals surface area contributed by atoms with Crippen molar-refractivity contribution < 1.29 is 9.18 Å². The first-order valence-corrected chi connectivity index (χ1v) is 7.82. The monoisotopic (exact) mass is 352 g/mol. The first-order valence-electron chi connectivity index (χ1n) is 7.82. The molecule has 1 amide bonds. The van der Waals surface area contributed by atoms with E-state index < -0.39 is 5.82 Å². The third kappa shape index (κ3) is 3.44. The Hall–Kier alpha value is -1.92. The van der Waals surface area contributed by atoms with E-state index in [1.807, 2.05) is 26.8 Å². The highest BCUT2D eigenvalue weighted by Gasteiger charge is 2.24. The van der Waals surface area contributed by atoms with Gasteiger partial charge in [-0.2, -0.15) is 5.10 Å². The van der Waals surface area contributed by atoms with Crippen molar-refractivity contribution in [1.29, 1.82) is 0 Å². The second kappa shape index (κ2) is 7.32. The Morgan fingerprint density at radius 1 is 1.33 bits per heavy atom. The van der Waals surface area contributed by atoms with Gasteiger partial charge < -0.3 is 10.2 Å². The number of carbonyl (C=O) groups excluding carboxylic acids is 1. The Morgan fingerprint density at radius 3 is 2.67 bits per heavy atom. The molecule has 130 valence electrons. The topological polar surface area (TPSA) is 50.2 Å². The van der Waals surface area contributed by atoms with E-state index in [0.717, 1.165) is 24.5 Å². The molecule has 0 bridgehead atoms. The van der Waals surface area contributed by atoms with E-state index in [1.54, 1.807) is 21.7 Å². The fourth-order valence-corrected chi connectivity index (χ4v) is 2.99. The lowest BCUT2D eigenvalue weighted by molar-refractivity contribution is 0.0655. The average Bonchev–Trinajstić information content (AvgIpc) is 2.85. The molecule has 7 heteroatoms. The predicted octanol–water partition coefficient (Wildman–Crippen LogP) is 2.48. The minimum atomic E-state index is -0.440. The molecule has 3 rings (SSSR count). The lowest BCUT2D eigenvalue weighted by Gasteiger charge is -2.34. The van der Waals surface area contributed by atoms with Crippen molar-refractivity contribution in [1.82, 2.24) is 20.0 Å². The standard InChI is InChI=1S/C17H21FN4O.ClH/c1-11-8-12(2)22(20-11)16-5-4-14(9-15(16)18)17(23)21-7-6-19-10-13(21)3;/h4-5,8-9,13,19H,6-7,10H2,1-3H3;1H. The van der Waals surface area contributed by atoms with Crippen LogP contribution in [0.25, 0.3) is 5.69 Å². The number of nitrogens with one attached hydrogen (secondary N) is 1. The van der Waals surface area contributed by atoms with Crippen LogP contribution >= 0.6 is 12.4 Å². The van der Waals surface area contributed by atoms with Crippen LogP contribution in [0.1, 0.15) is 28.7 Å². The Labute approximate surface area is 147 Å². The molecule has 1 aromatic heterocycles. The van der Waals surface area contributed by atoms with E-state index in [4.69, 9.17) is 0 Å². The van der Waals surface area contributed by atoms with Gasteiger partial charge in [0.1, 0.15) is 11.5 Å². The minimum Gasteiger partial charge on any atom is -0.333 e. The zero-order valence-electron chi connectivity index (χ0n) is 14.0. The summed E-state index contributed by atoms with van der Waals surface area (Å²) in [4.78, 5) is 14.4. The summed E-state index contributed by atoms with van der Waals surface area (Å²) in [7, 11) is 0. The minimum absolute atomic E-state index is 0. The third-order valence-corrected chi connectivity index (χ3v) is 4.19. The highest BCUT2D eigenvalue weighted by atomic mass is 35.5. The molecule has 24 heavy (non-hydrogen) atoms. The molecule has 1 saturated heterocycles. The van der Waals surface area contributed by atoms with E-state index in [0.29, 0.717) is 17.8 Å². The van der Waals surface area contributed by atoms with Crippen LogP contribution in [0.5, 0.6) is 0 Å². The quantitative estimate of drug-likeness (QED) is 0.903. The van der Waals surface area contributed by atoms with Gasteiger partial charge in [-0.05, 0) is 45.0 Å². The Bertz CT molecular complexity index is 746.